The number of hydrogen-bond acceptors (Lipinski definition) is 4. The highest BCUT2D eigenvalue weighted by Crippen LogP contribution is 2.30. The fourth-order valence-corrected chi connectivity index (χ4v) is 3.43. The maximum atomic E-state index is 5.48. The molecule has 1 aromatic rings. The third-order valence-electron chi connectivity index (χ3n) is 5.07. The third-order valence-corrected chi connectivity index (χ3v) is 5.07. The number of likely N-dealkylation sites (tertiary alicyclic amines) is 1. The van der Waals surface area contributed by atoms with E-state index < -0.39 is 0 Å². The van der Waals surface area contributed by atoms with E-state index in [-0.39, 0.29) is 0 Å². The van der Waals surface area contributed by atoms with Crippen molar-refractivity contribution in [2.75, 3.05) is 39.4 Å². The molecule has 112 valence electrons. The number of morpholine rings is 1. The second kappa shape index (κ2) is 5.88. The molecular weight excluding hydrogens is 252 g/mol. The Labute approximate surface area is 121 Å². The lowest BCUT2D eigenvalue weighted by Gasteiger charge is -2.48. The second-order valence-corrected chi connectivity index (χ2v) is 6.37. The standard InChI is InChI=1S/C16H26N2O2/c1-14-15(3-10-20-14)13-17-6-4-16(2,5-7-17)18-8-11-19-12-9-18/h3,10H,4-9,11-13H2,1-2H3. The predicted octanol–water partition coefficient (Wildman–Crippen LogP) is 2.27. The number of aryl methyl sites for hydroxylation is 1. The topological polar surface area (TPSA) is 28.9 Å². The number of rotatable bonds is 3. The summed E-state index contributed by atoms with van der Waals surface area (Å²) in [5.41, 5.74) is 1.70. The monoisotopic (exact) mass is 278 g/mol. The van der Waals surface area contributed by atoms with E-state index in [1.54, 1.807) is 6.26 Å². The van der Waals surface area contributed by atoms with E-state index >= 15 is 0 Å². The minimum absolute atomic E-state index is 0.367. The molecule has 0 N–H and O–H groups in total. The van der Waals surface area contributed by atoms with Crippen LogP contribution >= 0.6 is 0 Å². The fourth-order valence-electron chi connectivity index (χ4n) is 3.43. The molecule has 20 heavy (non-hydrogen) atoms. The van der Waals surface area contributed by atoms with Crippen molar-refractivity contribution < 1.29 is 9.15 Å². The molecule has 2 aliphatic heterocycles. The van der Waals surface area contributed by atoms with Crippen molar-refractivity contribution >= 4 is 0 Å². The molecule has 1 aromatic heterocycles. The first-order valence-corrected chi connectivity index (χ1v) is 7.75. The zero-order valence-corrected chi connectivity index (χ0v) is 12.7. The van der Waals surface area contributed by atoms with Crippen molar-refractivity contribution in [1.29, 1.82) is 0 Å². The van der Waals surface area contributed by atoms with Gasteiger partial charge in [0.1, 0.15) is 5.76 Å². The largest absolute Gasteiger partial charge is 0.469 e. The Morgan fingerprint density at radius 3 is 2.45 bits per heavy atom. The molecule has 2 aliphatic rings. The molecule has 0 aliphatic carbocycles. The minimum atomic E-state index is 0.367. The first kappa shape index (κ1) is 14.1. The van der Waals surface area contributed by atoms with Gasteiger partial charge in [-0.15, -0.1) is 0 Å². The summed E-state index contributed by atoms with van der Waals surface area (Å²) in [6, 6.07) is 2.10. The van der Waals surface area contributed by atoms with Crippen LogP contribution in [-0.2, 0) is 11.3 Å². The summed E-state index contributed by atoms with van der Waals surface area (Å²) in [6.45, 7) is 11.9. The summed E-state index contributed by atoms with van der Waals surface area (Å²) < 4.78 is 10.9. The summed E-state index contributed by atoms with van der Waals surface area (Å²) in [5.74, 6) is 1.06. The molecule has 0 bridgehead atoms. The quantitative estimate of drug-likeness (QED) is 0.848. The van der Waals surface area contributed by atoms with Gasteiger partial charge in [0, 0.05) is 43.8 Å². The van der Waals surface area contributed by atoms with Crippen molar-refractivity contribution in [2.45, 2.75) is 38.8 Å². The van der Waals surface area contributed by atoms with Crippen LogP contribution in [0.4, 0.5) is 0 Å². The summed E-state index contributed by atoms with van der Waals surface area (Å²) in [4.78, 5) is 5.19. The maximum absolute atomic E-state index is 5.48. The molecular formula is C16H26N2O2. The van der Waals surface area contributed by atoms with Gasteiger partial charge in [-0.3, -0.25) is 9.80 Å². The van der Waals surface area contributed by atoms with Crippen LogP contribution < -0.4 is 0 Å². The van der Waals surface area contributed by atoms with Gasteiger partial charge in [-0.25, -0.2) is 0 Å². The van der Waals surface area contributed by atoms with E-state index in [0.717, 1.165) is 38.6 Å². The van der Waals surface area contributed by atoms with Gasteiger partial charge >= 0.3 is 0 Å². The number of hydrogen-bond donors (Lipinski definition) is 0. The molecule has 0 atom stereocenters. The van der Waals surface area contributed by atoms with E-state index in [4.69, 9.17) is 9.15 Å². The van der Waals surface area contributed by atoms with Crippen LogP contribution in [0.25, 0.3) is 0 Å². The molecule has 3 rings (SSSR count). The van der Waals surface area contributed by atoms with E-state index in [1.807, 2.05) is 0 Å². The molecule has 3 heterocycles. The molecule has 0 unspecified atom stereocenters. The summed E-state index contributed by atoms with van der Waals surface area (Å²) in [5, 5.41) is 0. The van der Waals surface area contributed by atoms with Gasteiger partial charge in [0.25, 0.3) is 0 Å². The Hall–Kier alpha value is -0.840. The second-order valence-electron chi connectivity index (χ2n) is 6.37. The zero-order chi connectivity index (χ0) is 14.0. The molecule has 0 spiro atoms. The van der Waals surface area contributed by atoms with E-state index in [1.165, 1.54) is 31.5 Å². The summed E-state index contributed by atoms with van der Waals surface area (Å²) in [7, 11) is 0. The molecule has 0 saturated carbocycles. The average molecular weight is 278 g/mol. The Kier molecular flexibility index (Phi) is 4.15. The maximum Gasteiger partial charge on any atom is 0.105 e. The van der Waals surface area contributed by atoms with Gasteiger partial charge in [-0.2, -0.15) is 0 Å². The highest BCUT2D eigenvalue weighted by Gasteiger charge is 2.36. The van der Waals surface area contributed by atoms with Crippen LogP contribution in [0.5, 0.6) is 0 Å². The Bertz CT molecular complexity index is 429. The number of furan rings is 1. The molecule has 4 heteroatoms. The van der Waals surface area contributed by atoms with E-state index in [9.17, 15) is 0 Å². The van der Waals surface area contributed by atoms with Gasteiger partial charge in [-0.1, -0.05) is 0 Å². The van der Waals surface area contributed by atoms with Crippen LogP contribution in [0.15, 0.2) is 16.7 Å². The average Bonchev–Trinajstić information content (AvgIpc) is 2.88. The lowest BCUT2D eigenvalue weighted by molar-refractivity contribution is -0.0405. The van der Waals surface area contributed by atoms with Gasteiger partial charge in [0.05, 0.1) is 19.5 Å². The van der Waals surface area contributed by atoms with Crippen LogP contribution in [0.2, 0.25) is 0 Å². The van der Waals surface area contributed by atoms with Crippen LogP contribution in [0, 0.1) is 6.92 Å². The highest BCUT2D eigenvalue weighted by molar-refractivity contribution is 5.15. The molecule has 0 aromatic carbocycles. The highest BCUT2D eigenvalue weighted by atomic mass is 16.5. The smallest absolute Gasteiger partial charge is 0.105 e. The molecule has 4 nitrogen and oxygen atoms in total. The first-order valence-electron chi connectivity index (χ1n) is 7.75. The van der Waals surface area contributed by atoms with Crippen LogP contribution in [-0.4, -0.2) is 54.7 Å². The zero-order valence-electron chi connectivity index (χ0n) is 12.7. The van der Waals surface area contributed by atoms with Crippen molar-refractivity contribution in [3.63, 3.8) is 0 Å². The molecule has 0 amide bonds. The molecule has 2 fully saturated rings. The number of piperidine rings is 1. The van der Waals surface area contributed by atoms with Crippen LogP contribution in [0.3, 0.4) is 0 Å². The van der Waals surface area contributed by atoms with Crippen molar-refractivity contribution in [3.8, 4) is 0 Å². The van der Waals surface area contributed by atoms with Crippen molar-refractivity contribution in [2.24, 2.45) is 0 Å². The van der Waals surface area contributed by atoms with Gasteiger partial charge in [0.15, 0.2) is 0 Å². The fraction of sp³-hybridized carbons (Fsp3) is 0.750. The Morgan fingerprint density at radius 1 is 1.15 bits per heavy atom. The Morgan fingerprint density at radius 2 is 1.85 bits per heavy atom. The normalized spacial score (nSPS) is 24.9. The lowest BCUT2D eigenvalue weighted by atomic mass is 9.87. The minimum Gasteiger partial charge on any atom is -0.469 e. The van der Waals surface area contributed by atoms with E-state index in [0.29, 0.717) is 5.54 Å². The van der Waals surface area contributed by atoms with Crippen LogP contribution in [0.1, 0.15) is 31.1 Å². The molecule has 2 saturated heterocycles. The summed E-state index contributed by atoms with van der Waals surface area (Å²) >= 11 is 0. The SMILES string of the molecule is Cc1occc1CN1CCC(C)(N2CCOCC2)CC1. The van der Waals surface area contributed by atoms with Gasteiger partial charge in [-0.05, 0) is 32.8 Å². The van der Waals surface area contributed by atoms with E-state index in [2.05, 4.69) is 29.7 Å². The number of ether oxygens (including phenoxy) is 1. The van der Waals surface area contributed by atoms with Gasteiger partial charge in [0.2, 0.25) is 0 Å². The predicted molar refractivity (Wildman–Crippen MR) is 78.8 cm³/mol. The van der Waals surface area contributed by atoms with Crippen molar-refractivity contribution in [3.05, 3.63) is 23.7 Å². The third kappa shape index (κ3) is 2.92. The first-order chi connectivity index (χ1) is 9.67. The molecule has 0 radical (unpaired) electrons. The van der Waals surface area contributed by atoms with Gasteiger partial charge < -0.3 is 9.15 Å². The van der Waals surface area contributed by atoms with Crippen molar-refractivity contribution in [1.82, 2.24) is 9.80 Å². The lowest BCUT2D eigenvalue weighted by Crippen LogP contribution is -2.56. The Balaban J connectivity index is 1.54. The summed E-state index contributed by atoms with van der Waals surface area (Å²) in [6.07, 6.45) is 4.31. The number of nitrogens with zero attached hydrogens (tertiary/aromatic N) is 2.